The summed E-state index contributed by atoms with van der Waals surface area (Å²) in [6.45, 7) is 0.732. The summed E-state index contributed by atoms with van der Waals surface area (Å²) in [6.07, 6.45) is -0.234. The molecule has 0 radical (unpaired) electrons. The standard InChI is InChI=1S/C9H9BrFN/c10-6-1-2-9-7(5-6)8(11)3-4-12-9/h1-2,5,8,12H,3-4H2. The molecule has 0 amide bonds. The first-order valence-corrected chi connectivity index (χ1v) is 4.74. The highest BCUT2D eigenvalue weighted by molar-refractivity contribution is 9.10. The predicted octanol–water partition coefficient (Wildman–Crippen LogP) is 3.28. The summed E-state index contributed by atoms with van der Waals surface area (Å²) in [5, 5.41) is 3.16. The largest absolute Gasteiger partial charge is 0.385 e. The maximum atomic E-state index is 13.3. The van der Waals surface area contributed by atoms with Gasteiger partial charge < -0.3 is 5.32 Å². The first kappa shape index (κ1) is 8.05. The molecule has 0 aromatic heterocycles. The normalized spacial score (nSPS) is 21.3. The number of alkyl halides is 1. The fourth-order valence-electron chi connectivity index (χ4n) is 1.44. The molecule has 1 aromatic rings. The first-order valence-electron chi connectivity index (χ1n) is 3.95. The van der Waals surface area contributed by atoms with E-state index < -0.39 is 6.17 Å². The second-order valence-corrected chi connectivity index (χ2v) is 3.83. The summed E-state index contributed by atoms with van der Waals surface area (Å²) in [5.41, 5.74) is 1.70. The Morgan fingerprint density at radius 2 is 2.33 bits per heavy atom. The van der Waals surface area contributed by atoms with Crippen LogP contribution in [0.15, 0.2) is 22.7 Å². The van der Waals surface area contributed by atoms with Crippen LogP contribution in [0, 0.1) is 0 Å². The average Bonchev–Trinajstić information content (AvgIpc) is 2.07. The average molecular weight is 230 g/mol. The summed E-state index contributed by atoms with van der Waals surface area (Å²) in [5.74, 6) is 0. The maximum Gasteiger partial charge on any atom is 0.129 e. The van der Waals surface area contributed by atoms with Crippen molar-refractivity contribution in [3.8, 4) is 0 Å². The molecule has 2 rings (SSSR count). The first-order chi connectivity index (χ1) is 5.77. The second-order valence-electron chi connectivity index (χ2n) is 2.91. The molecular formula is C9H9BrFN. The number of hydrogen-bond donors (Lipinski definition) is 1. The lowest BCUT2D eigenvalue weighted by molar-refractivity contribution is 0.324. The molecule has 64 valence electrons. The second kappa shape index (κ2) is 3.05. The van der Waals surface area contributed by atoms with Crippen LogP contribution in [0.4, 0.5) is 10.1 Å². The Hall–Kier alpha value is -0.570. The molecule has 0 aliphatic carbocycles. The van der Waals surface area contributed by atoms with E-state index in [4.69, 9.17) is 0 Å². The van der Waals surface area contributed by atoms with Crippen LogP contribution in [0.2, 0.25) is 0 Å². The van der Waals surface area contributed by atoms with E-state index in [9.17, 15) is 4.39 Å². The highest BCUT2D eigenvalue weighted by Gasteiger charge is 2.18. The van der Waals surface area contributed by atoms with E-state index in [0.29, 0.717) is 6.42 Å². The predicted molar refractivity (Wildman–Crippen MR) is 51.1 cm³/mol. The highest BCUT2D eigenvalue weighted by Crippen LogP contribution is 2.34. The van der Waals surface area contributed by atoms with Crippen molar-refractivity contribution in [2.24, 2.45) is 0 Å². The van der Waals surface area contributed by atoms with Crippen molar-refractivity contribution in [2.75, 3.05) is 11.9 Å². The van der Waals surface area contributed by atoms with Gasteiger partial charge in [0.2, 0.25) is 0 Å². The van der Waals surface area contributed by atoms with Gasteiger partial charge in [-0.2, -0.15) is 0 Å². The topological polar surface area (TPSA) is 12.0 Å². The molecular weight excluding hydrogens is 221 g/mol. The zero-order valence-corrected chi connectivity index (χ0v) is 8.07. The third-order valence-corrected chi connectivity index (χ3v) is 2.56. The number of nitrogens with one attached hydrogen (secondary N) is 1. The Balaban J connectivity index is 2.47. The number of hydrogen-bond acceptors (Lipinski definition) is 1. The Labute approximate surface area is 79.1 Å². The van der Waals surface area contributed by atoms with E-state index in [1.165, 1.54) is 0 Å². The van der Waals surface area contributed by atoms with Gasteiger partial charge in [-0.3, -0.25) is 0 Å². The highest BCUT2D eigenvalue weighted by atomic mass is 79.9. The smallest absolute Gasteiger partial charge is 0.129 e. The van der Waals surface area contributed by atoms with Gasteiger partial charge in [-0.05, 0) is 18.2 Å². The van der Waals surface area contributed by atoms with Gasteiger partial charge in [-0.15, -0.1) is 0 Å². The minimum atomic E-state index is -0.807. The van der Waals surface area contributed by atoms with Gasteiger partial charge in [0.25, 0.3) is 0 Å². The molecule has 0 spiro atoms. The van der Waals surface area contributed by atoms with Crippen LogP contribution in [0.3, 0.4) is 0 Å². The van der Waals surface area contributed by atoms with Gasteiger partial charge >= 0.3 is 0 Å². The van der Waals surface area contributed by atoms with E-state index in [1.54, 1.807) is 0 Å². The van der Waals surface area contributed by atoms with E-state index >= 15 is 0 Å². The molecule has 1 aliphatic heterocycles. The number of fused-ring (bicyclic) bond motifs is 1. The summed E-state index contributed by atoms with van der Waals surface area (Å²) in [6, 6.07) is 5.67. The van der Waals surface area contributed by atoms with Crippen LogP contribution in [0.5, 0.6) is 0 Å². The number of rotatable bonds is 0. The molecule has 1 unspecified atom stereocenters. The van der Waals surface area contributed by atoms with E-state index in [2.05, 4.69) is 21.2 Å². The van der Waals surface area contributed by atoms with Crippen LogP contribution in [-0.2, 0) is 0 Å². The third kappa shape index (κ3) is 1.33. The van der Waals surface area contributed by atoms with Gasteiger partial charge in [0.05, 0.1) is 0 Å². The third-order valence-electron chi connectivity index (χ3n) is 2.06. The van der Waals surface area contributed by atoms with Crippen LogP contribution in [0.25, 0.3) is 0 Å². The molecule has 12 heavy (non-hydrogen) atoms. The monoisotopic (exact) mass is 229 g/mol. The van der Waals surface area contributed by atoms with Crippen molar-refractivity contribution >= 4 is 21.6 Å². The van der Waals surface area contributed by atoms with Crippen molar-refractivity contribution in [1.29, 1.82) is 0 Å². The SMILES string of the molecule is FC1CCNc2ccc(Br)cc21. The Bertz CT molecular complexity index is 301. The van der Waals surface area contributed by atoms with Gasteiger partial charge in [0, 0.05) is 28.7 Å². The van der Waals surface area contributed by atoms with Gasteiger partial charge in [-0.25, -0.2) is 4.39 Å². The lowest BCUT2D eigenvalue weighted by atomic mass is 10.0. The van der Waals surface area contributed by atoms with Crippen molar-refractivity contribution in [2.45, 2.75) is 12.6 Å². The Morgan fingerprint density at radius 1 is 1.50 bits per heavy atom. The Kier molecular flexibility index (Phi) is 2.05. The van der Waals surface area contributed by atoms with Crippen LogP contribution in [0.1, 0.15) is 18.2 Å². The minimum Gasteiger partial charge on any atom is -0.385 e. The fraction of sp³-hybridized carbons (Fsp3) is 0.333. The molecule has 0 bridgehead atoms. The lowest BCUT2D eigenvalue weighted by Gasteiger charge is -2.21. The van der Waals surface area contributed by atoms with Gasteiger partial charge in [-0.1, -0.05) is 15.9 Å². The zero-order chi connectivity index (χ0) is 8.55. The molecule has 3 heteroatoms. The lowest BCUT2D eigenvalue weighted by Crippen LogP contribution is -2.13. The number of benzene rings is 1. The van der Waals surface area contributed by atoms with Crippen LogP contribution in [-0.4, -0.2) is 6.54 Å². The summed E-state index contributed by atoms with van der Waals surface area (Å²) in [7, 11) is 0. The van der Waals surface area contributed by atoms with E-state index in [0.717, 1.165) is 22.3 Å². The summed E-state index contributed by atoms with van der Waals surface area (Å²) >= 11 is 3.32. The molecule has 1 N–H and O–H groups in total. The van der Waals surface area contributed by atoms with E-state index in [-0.39, 0.29) is 0 Å². The summed E-state index contributed by atoms with van der Waals surface area (Å²) < 4.78 is 14.2. The van der Waals surface area contributed by atoms with Crippen molar-refractivity contribution in [1.82, 2.24) is 0 Å². The van der Waals surface area contributed by atoms with Crippen molar-refractivity contribution in [3.05, 3.63) is 28.2 Å². The fourth-order valence-corrected chi connectivity index (χ4v) is 1.82. The summed E-state index contributed by atoms with van der Waals surface area (Å²) in [4.78, 5) is 0. The van der Waals surface area contributed by atoms with Crippen LogP contribution < -0.4 is 5.32 Å². The van der Waals surface area contributed by atoms with E-state index in [1.807, 2.05) is 18.2 Å². The molecule has 1 nitrogen and oxygen atoms in total. The zero-order valence-electron chi connectivity index (χ0n) is 6.48. The molecule has 1 aromatic carbocycles. The van der Waals surface area contributed by atoms with Gasteiger partial charge in [0.1, 0.15) is 6.17 Å². The number of halogens is 2. The molecule has 1 atom stereocenters. The van der Waals surface area contributed by atoms with Gasteiger partial charge in [0.15, 0.2) is 0 Å². The molecule has 0 fully saturated rings. The maximum absolute atomic E-state index is 13.3. The Morgan fingerprint density at radius 3 is 3.17 bits per heavy atom. The molecule has 1 aliphatic rings. The van der Waals surface area contributed by atoms with Crippen LogP contribution >= 0.6 is 15.9 Å². The quantitative estimate of drug-likeness (QED) is 0.721. The molecule has 1 heterocycles. The van der Waals surface area contributed by atoms with Crippen molar-refractivity contribution < 1.29 is 4.39 Å². The molecule has 0 saturated heterocycles. The van der Waals surface area contributed by atoms with Crippen molar-refractivity contribution in [3.63, 3.8) is 0 Å². The number of anilines is 1. The minimum absolute atomic E-state index is 0.573. The molecule has 0 saturated carbocycles.